The van der Waals surface area contributed by atoms with Gasteiger partial charge in [-0.3, -0.25) is 14.4 Å². The second-order valence-corrected chi connectivity index (χ2v) is 11.1. The van der Waals surface area contributed by atoms with Crippen molar-refractivity contribution in [1.29, 1.82) is 0 Å². The Labute approximate surface area is 235 Å². The first-order valence-electron chi connectivity index (χ1n) is 13.1. The maximum atomic E-state index is 14.6. The summed E-state index contributed by atoms with van der Waals surface area (Å²) in [5.74, 6) is -2.14. The number of Topliss-reactive ketones (excluding diaryl/α,β-unsaturated/α-hetero) is 3. The molecule has 0 bridgehead atoms. The Morgan fingerprint density at radius 3 is 2.25 bits per heavy atom. The van der Waals surface area contributed by atoms with Crippen LogP contribution in [-0.4, -0.2) is 29.4 Å². The van der Waals surface area contributed by atoms with Crippen LogP contribution in [0.1, 0.15) is 53.7 Å². The zero-order valence-corrected chi connectivity index (χ0v) is 22.2. The Morgan fingerprint density at radius 2 is 1.57 bits per heavy atom. The first-order valence-corrected chi connectivity index (χ1v) is 13.5. The molecule has 3 atom stereocenters. The lowest BCUT2D eigenvalue weighted by atomic mass is 9.64. The molecule has 0 amide bonds. The smallest absolute Gasteiger partial charge is 0.185 e. The minimum absolute atomic E-state index is 0.228. The highest BCUT2D eigenvalue weighted by atomic mass is 35.5. The zero-order chi connectivity index (χ0) is 27.8. The monoisotopic (exact) mass is 547 g/mol. The number of halogens is 2. The second-order valence-electron chi connectivity index (χ2n) is 10.7. The number of anilines is 1. The van der Waals surface area contributed by atoms with Gasteiger partial charge < -0.3 is 4.90 Å². The minimum Gasteiger partial charge on any atom is -0.352 e. The number of benzene rings is 4. The molecule has 0 N–H and O–H groups in total. The van der Waals surface area contributed by atoms with E-state index in [1.807, 2.05) is 30.0 Å². The molecule has 40 heavy (non-hydrogen) atoms. The van der Waals surface area contributed by atoms with Gasteiger partial charge in [-0.25, -0.2) is 4.39 Å². The molecular weight excluding hydrogens is 525 g/mol. The Morgan fingerprint density at radius 1 is 0.875 bits per heavy atom. The van der Waals surface area contributed by atoms with E-state index in [4.69, 9.17) is 11.6 Å². The van der Waals surface area contributed by atoms with E-state index in [2.05, 4.69) is 0 Å². The quantitative estimate of drug-likeness (QED) is 0.203. The lowest BCUT2D eigenvalue weighted by molar-refractivity contribution is 0.0666. The SMILES string of the molecule is Cc1ccc(C(=O)[C@@H]2[C@@H](c3cccc(Cl)c3)C3(C(=O)c4ccccc4C3=O)C3C=Cc4cc(F)ccc4N32)cc1. The molecule has 1 aliphatic carbocycles. The predicted molar refractivity (Wildman–Crippen MR) is 153 cm³/mol. The fourth-order valence-corrected chi connectivity index (χ4v) is 7.11. The van der Waals surface area contributed by atoms with Gasteiger partial charge in [-0.15, -0.1) is 0 Å². The van der Waals surface area contributed by atoms with Crippen LogP contribution in [-0.2, 0) is 0 Å². The third-order valence-electron chi connectivity index (χ3n) is 8.58. The van der Waals surface area contributed by atoms with Crippen LogP contribution in [0.4, 0.5) is 10.1 Å². The molecule has 4 nitrogen and oxygen atoms in total. The molecule has 1 spiro atoms. The van der Waals surface area contributed by atoms with E-state index in [9.17, 15) is 18.8 Å². The summed E-state index contributed by atoms with van der Waals surface area (Å²) >= 11 is 6.47. The first kappa shape index (κ1) is 24.7. The number of fused-ring (bicyclic) bond motifs is 5. The van der Waals surface area contributed by atoms with Crippen molar-refractivity contribution in [2.45, 2.75) is 24.9 Å². The van der Waals surface area contributed by atoms with E-state index >= 15 is 0 Å². The number of hydrogen-bond acceptors (Lipinski definition) is 4. The fraction of sp³-hybridized carbons (Fsp3) is 0.147. The van der Waals surface area contributed by atoms with Crippen LogP contribution >= 0.6 is 11.6 Å². The van der Waals surface area contributed by atoms with E-state index in [1.165, 1.54) is 12.1 Å². The van der Waals surface area contributed by atoms with Crippen LogP contribution in [0.25, 0.3) is 6.08 Å². The molecule has 0 radical (unpaired) electrons. The summed E-state index contributed by atoms with van der Waals surface area (Å²) in [6, 6.07) is 23.8. The predicted octanol–water partition coefficient (Wildman–Crippen LogP) is 7.10. The average Bonchev–Trinajstić information content (AvgIpc) is 3.39. The number of rotatable bonds is 3. The molecule has 4 aromatic carbocycles. The van der Waals surface area contributed by atoms with Gasteiger partial charge in [0.2, 0.25) is 0 Å². The minimum atomic E-state index is -1.62. The maximum absolute atomic E-state index is 14.6. The summed E-state index contributed by atoms with van der Waals surface area (Å²) < 4.78 is 14.3. The molecule has 3 aliphatic rings. The molecule has 0 saturated carbocycles. The lowest BCUT2D eigenvalue weighted by Gasteiger charge is -2.37. The highest BCUT2D eigenvalue weighted by Crippen LogP contribution is 2.61. The molecule has 2 heterocycles. The van der Waals surface area contributed by atoms with Gasteiger partial charge in [-0.05, 0) is 42.8 Å². The maximum Gasteiger partial charge on any atom is 0.185 e. The van der Waals surface area contributed by atoms with Crippen molar-refractivity contribution in [3.63, 3.8) is 0 Å². The van der Waals surface area contributed by atoms with Crippen LogP contribution in [0.5, 0.6) is 0 Å². The fourth-order valence-electron chi connectivity index (χ4n) is 6.91. The first-order chi connectivity index (χ1) is 19.3. The number of nitrogens with zero attached hydrogens (tertiary/aromatic N) is 1. The zero-order valence-electron chi connectivity index (χ0n) is 21.5. The molecule has 4 aromatic rings. The van der Waals surface area contributed by atoms with Crippen molar-refractivity contribution in [3.8, 4) is 0 Å². The molecule has 1 saturated heterocycles. The van der Waals surface area contributed by atoms with Crippen molar-refractivity contribution in [3.05, 3.63) is 141 Å². The van der Waals surface area contributed by atoms with Gasteiger partial charge >= 0.3 is 0 Å². The van der Waals surface area contributed by atoms with Gasteiger partial charge in [-0.1, -0.05) is 90.0 Å². The van der Waals surface area contributed by atoms with E-state index in [0.29, 0.717) is 38.5 Å². The van der Waals surface area contributed by atoms with Crippen molar-refractivity contribution in [1.82, 2.24) is 0 Å². The molecule has 0 aromatic heterocycles. The number of carbonyl (C=O) groups is 3. The van der Waals surface area contributed by atoms with Gasteiger partial charge in [0, 0.05) is 38.9 Å². The van der Waals surface area contributed by atoms with Gasteiger partial charge in [0.1, 0.15) is 17.3 Å². The molecule has 1 fully saturated rings. The van der Waals surface area contributed by atoms with Crippen molar-refractivity contribution < 1.29 is 18.8 Å². The number of aryl methyl sites for hydroxylation is 1. The Bertz CT molecular complexity index is 1740. The number of ketones is 3. The topological polar surface area (TPSA) is 54.5 Å². The Balaban J connectivity index is 1.55. The molecule has 7 rings (SSSR count). The van der Waals surface area contributed by atoms with Crippen LogP contribution in [0.15, 0.2) is 97.1 Å². The number of carbonyl (C=O) groups excluding carboxylic acids is 3. The van der Waals surface area contributed by atoms with Crippen molar-refractivity contribution in [2.24, 2.45) is 5.41 Å². The second kappa shape index (κ2) is 8.83. The Kier molecular flexibility index (Phi) is 5.45. The van der Waals surface area contributed by atoms with E-state index in [1.54, 1.807) is 72.8 Å². The largest absolute Gasteiger partial charge is 0.352 e. The van der Waals surface area contributed by atoms with Gasteiger partial charge in [0.15, 0.2) is 17.3 Å². The van der Waals surface area contributed by atoms with Gasteiger partial charge in [0.25, 0.3) is 0 Å². The van der Waals surface area contributed by atoms with E-state index < -0.39 is 29.2 Å². The normalized spacial score (nSPS) is 21.9. The summed E-state index contributed by atoms with van der Waals surface area (Å²) in [4.78, 5) is 45.6. The summed E-state index contributed by atoms with van der Waals surface area (Å²) in [7, 11) is 0. The molecular formula is C34H23ClFNO3. The highest BCUT2D eigenvalue weighted by molar-refractivity contribution is 6.32. The average molecular weight is 548 g/mol. The van der Waals surface area contributed by atoms with Crippen LogP contribution in [0.2, 0.25) is 5.02 Å². The standard InChI is InChI=1S/C34H23ClFNO3/c1-19-9-11-20(12-10-19)31(38)30-29(22-5-4-6-23(35)17-22)34(32(39)25-7-2-3-8-26(25)33(34)40)28-16-13-21-18-24(36)14-15-27(21)37(28)30/h2-18,28-30H,1H3/t28?,29-,30+/m1/s1. The summed E-state index contributed by atoms with van der Waals surface area (Å²) in [6.07, 6.45) is 3.53. The third kappa shape index (κ3) is 3.28. The molecule has 1 unspecified atom stereocenters. The van der Waals surface area contributed by atoms with Gasteiger partial charge in [-0.2, -0.15) is 0 Å². The van der Waals surface area contributed by atoms with Crippen LogP contribution < -0.4 is 4.90 Å². The number of hydrogen-bond donors (Lipinski definition) is 0. The lowest BCUT2D eigenvalue weighted by Crippen LogP contribution is -2.48. The van der Waals surface area contributed by atoms with E-state index in [0.717, 1.165) is 5.56 Å². The molecule has 196 valence electrons. The van der Waals surface area contributed by atoms with Crippen LogP contribution in [0.3, 0.4) is 0 Å². The third-order valence-corrected chi connectivity index (χ3v) is 8.81. The summed E-state index contributed by atoms with van der Waals surface area (Å²) in [5, 5.41) is 0.437. The van der Waals surface area contributed by atoms with E-state index in [-0.39, 0.29) is 17.3 Å². The Hall–Kier alpha value is -4.35. The van der Waals surface area contributed by atoms with Crippen molar-refractivity contribution in [2.75, 3.05) is 4.90 Å². The van der Waals surface area contributed by atoms with Gasteiger partial charge in [0.05, 0.1) is 6.04 Å². The summed E-state index contributed by atoms with van der Waals surface area (Å²) in [5.41, 5.74) is 2.34. The summed E-state index contributed by atoms with van der Waals surface area (Å²) in [6.45, 7) is 1.94. The molecule has 2 aliphatic heterocycles. The molecule has 6 heteroatoms. The van der Waals surface area contributed by atoms with Crippen LogP contribution in [0, 0.1) is 18.2 Å². The van der Waals surface area contributed by atoms with Crippen molar-refractivity contribution >= 4 is 40.7 Å². The highest BCUT2D eigenvalue weighted by Gasteiger charge is 2.71.